The number of rotatable bonds is 7. The minimum Gasteiger partial charge on any atom is -0.493 e. The van der Waals surface area contributed by atoms with Crippen LogP contribution < -0.4 is 19.7 Å². The standard InChI is InChI=1S/C29H26BrClN2O6/c1-15-9-10-18(13-20(15)31)33-26(34)22-23(27(33)35)29(28(36)37,14-16-7-5-4-6-8-16)32-24(22)17-11-19(30)25(39-3)21(12-17)38-2/h4-13,22-24,32H,14H2,1-3H3,(H,36,37). The van der Waals surface area contributed by atoms with Crippen molar-refractivity contribution in [2.24, 2.45) is 11.8 Å². The summed E-state index contributed by atoms with van der Waals surface area (Å²) in [7, 11) is 2.99. The number of carboxylic acids is 1. The third-order valence-corrected chi connectivity index (χ3v) is 8.59. The second-order valence-electron chi connectivity index (χ2n) is 9.75. The highest BCUT2D eigenvalue weighted by Crippen LogP contribution is 2.52. The molecule has 39 heavy (non-hydrogen) atoms. The molecule has 0 saturated carbocycles. The number of ether oxygens (including phenoxy) is 2. The normalized spacial score (nSPS) is 24.1. The molecule has 2 fully saturated rings. The van der Waals surface area contributed by atoms with Crippen molar-refractivity contribution in [3.63, 3.8) is 0 Å². The van der Waals surface area contributed by atoms with Crippen LogP contribution in [0.5, 0.6) is 11.5 Å². The molecular formula is C29H26BrClN2O6. The van der Waals surface area contributed by atoms with E-state index in [0.29, 0.717) is 32.2 Å². The molecule has 3 aromatic carbocycles. The van der Waals surface area contributed by atoms with E-state index in [1.54, 1.807) is 42.5 Å². The van der Waals surface area contributed by atoms with Crippen molar-refractivity contribution in [1.29, 1.82) is 0 Å². The summed E-state index contributed by atoms with van der Waals surface area (Å²) in [5, 5.41) is 14.3. The third-order valence-electron chi connectivity index (χ3n) is 7.59. The zero-order valence-corrected chi connectivity index (χ0v) is 23.7. The number of aliphatic carboxylic acids is 1. The van der Waals surface area contributed by atoms with Crippen LogP contribution in [0, 0.1) is 18.8 Å². The van der Waals surface area contributed by atoms with Crippen LogP contribution in [-0.2, 0) is 20.8 Å². The molecule has 0 radical (unpaired) electrons. The number of nitrogens with zero attached hydrogens (tertiary/aromatic N) is 1. The fourth-order valence-electron chi connectivity index (χ4n) is 5.73. The summed E-state index contributed by atoms with van der Waals surface area (Å²) in [6, 6.07) is 16.6. The third kappa shape index (κ3) is 4.38. The summed E-state index contributed by atoms with van der Waals surface area (Å²) >= 11 is 9.83. The van der Waals surface area contributed by atoms with Crippen LogP contribution in [0.25, 0.3) is 0 Å². The molecule has 2 saturated heterocycles. The molecule has 3 aromatic rings. The van der Waals surface area contributed by atoms with E-state index in [-0.39, 0.29) is 6.42 Å². The quantitative estimate of drug-likeness (QED) is 0.364. The van der Waals surface area contributed by atoms with Gasteiger partial charge < -0.3 is 14.6 Å². The first-order valence-electron chi connectivity index (χ1n) is 12.2. The molecule has 2 aliphatic rings. The van der Waals surface area contributed by atoms with E-state index in [0.717, 1.165) is 16.0 Å². The molecule has 4 unspecified atom stereocenters. The summed E-state index contributed by atoms with van der Waals surface area (Å²) < 4.78 is 11.5. The molecular weight excluding hydrogens is 588 g/mol. The molecule has 202 valence electrons. The first-order chi connectivity index (χ1) is 18.6. The van der Waals surface area contributed by atoms with Gasteiger partial charge in [0, 0.05) is 17.5 Å². The largest absolute Gasteiger partial charge is 0.493 e. The molecule has 8 nitrogen and oxygen atoms in total. The second-order valence-corrected chi connectivity index (χ2v) is 11.0. The molecule has 0 aromatic heterocycles. The van der Waals surface area contributed by atoms with Gasteiger partial charge in [-0.05, 0) is 63.8 Å². The Morgan fingerprint density at radius 2 is 1.79 bits per heavy atom. The van der Waals surface area contributed by atoms with Crippen LogP contribution in [-0.4, -0.2) is 42.6 Å². The van der Waals surface area contributed by atoms with Gasteiger partial charge in [-0.25, -0.2) is 4.90 Å². The number of hydrogen-bond donors (Lipinski definition) is 2. The van der Waals surface area contributed by atoms with Gasteiger partial charge in [-0.1, -0.05) is 48.0 Å². The molecule has 10 heteroatoms. The van der Waals surface area contributed by atoms with Crippen molar-refractivity contribution >= 4 is 51.0 Å². The Morgan fingerprint density at radius 3 is 2.41 bits per heavy atom. The highest BCUT2D eigenvalue weighted by Gasteiger charge is 2.68. The number of hydrogen-bond acceptors (Lipinski definition) is 6. The zero-order chi connectivity index (χ0) is 28.1. The average Bonchev–Trinajstić information content (AvgIpc) is 3.39. The molecule has 5 rings (SSSR count). The maximum absolute atomic E-state index is 14.1. The Balaban J connectivity index is 1.69. The lowest BCUT2D eigenvalue weighted by Crippen LogP contribution is -2.57. The molecule has 0 bridgehead atoms. The number of carbonyl (C=O) groups excluding carboxylic acids is 2. The topological polar surface area (TPSA) is 105 Å². The first kappa shape index (κ1) is 27.2. The van der Waals surface area contributed by atoms with Gasteiger partial charge in [-0.15, -0.1) is 0 Å². The van der Waals surface area contributed by atoms with Gasteiger partial charge in [0.05, 0.1) is 36.2 Å². The molecule has 2 amide bonds. The summed E-state index contributed by atoms with van der Waals surface area (Å²) in [4.78, 5) is 42.3. The molecule has 0 spiro atoms. The summed E-state index contributed by atoms with van der Waals surface area (Å²) in [5.74, 6) is -3.62. The number of anilines is 1. The highest BCUT2D eigenvalue weighted by atomic mass is 79.9. The zero-order valence-electron chi connectivity index (χ0n) is 21.4. The predicted octanol–water partition coefficient (Wildman–Crippen LogP) is 4.94. The lowest BCUT2D eigenvalue weighted by molar-refractivity contribution is -0.148. The fourth-order valence-corrected chi connectivity index (χ4v) is 6.53. The maximum atomic E-state index is 14.1. The van der Waals surface area contributed by atoms with E-state index in [2.05, 4.69) is 21.2 Å². The lowest BCUT2D eigenvalue weighted by atomic mass is 9.76. The van der Waals surface area contributed by atoms with Crippen LogP contribution in [0.1, 0.15) is 22.7 Å². The Labute approximate surface area is 239 Å². The van der Waals surface area contributed by atoms with Gasteiger partial charge in [0.15, 0.2) is 11.5 Å². The van der Waals surface area contributed by atoms with Crippen molar-refractivity contribution in [1.82, 2.24) is 5.32 Å². The first-order valence-corrected chi connectivity index (χ1v) is 13.4. The van der Waals surface area contributed by atoms with E-state index < -0.39 is 41.2 Å². The highest BCUT2D eigenvalue weighted by molar-refractivity contribution is 9.10. The Hall–Kier alpha value is -3.40. The van der Waals surface area contributed by atoms with Crippen molar-refractivity contribution in [3.8, 4) is 11.5 Å². The van der Waals surface area contributed by atoms with Crippen LogP contribution in [0.15, 0.2) is 65.1 Å². The number of methoxy groups -OCH3 is 2. The maximum Gasteiger partial charge on any atom is 0.325 e. The molecule has 2 N–H and O–H groups in total. The number of imide groups is 1. The van der Waals surface area contributed by atoms with E-state index in [4.69, 9.17) is 21.1 Å². The van der Waals surface area contributed by atoms with Gasteiger partial charge in [0.1, 0.15) is 5.54 Å². The van der Waals surface area contributed by atoms with E-state index in [1.165, 1.54) is 14.2 Å². The van der Waals surface area contributed by atoms with Gasteiger partial charge in [-0.3, -0.25) is 19.7 Å². The number of benzene rings is 3. The minimum atomic E-state index is -1.76. The molecule has 2 heterocycles. The monoisotopic (exact) mass is 612 g/mol. The number of halogens is 2. The van der Waals surface area contributed by atoms with Crippen LogP contribution >= 0.6 is 27.5 Å². The van der Waals surface area contributed by atoms with E-state index in [1.807, 2.05) is 25.1 Å². The fraction of sp³-hybridized carbons (Fsp3) is 0.276. The van der Waals surface area contributed by atoms with E-state index >= 15 is 0 Å². The number of carboxylic acid groups (broad SMARTS) is 1. The van der Waals surface area contributed by atoms with Crippen molar-refractivity contribution in [2.75, 3.05) is 19.1 Å². The Kier molecular flexibility index (Phi) is 7.17. The lowest BCUT2D eigenvalue weighted by Gasteiger charge is -2.31. The minimum absolute atomic E-state index is 0.00316. The Bertz CT molecular complexity index is 1480. The SMILES string of the molecule is COc1cc(C2NC(Cc3ccccc3)(C(=O)O)C3C(=O)N(c4ccc(C)c(Cl)c4)C(=O)C23)cc(Br)c1OC. The van der Waals surface area contributed by atoms with Crippen LogP contribution in [0.4, 0.5) is 5.69 Å². The van der Waals surface area contributed by atoms with E-state index in [9.17, 15) is 19.5 Å². The van der Waals surface area contributed by atoms with Gasteiger partial charge in [-0.2, -0.15) is 0 Å². The van der Waals surface area contributed by atoms with Gasteiger partial charge in [0.25, 0.3) is 0 Å². The predicted molar refractivity (Wildman–Crippen MR) is 149 cm³/mol. The van der Waals surface area contributed by atoms with Gasteiger partial charge >= 0.3 is 5.97 Å². The number of carbonyl (C=O) groups is 3. The second kappa shape index (κ2) is 10.3. The average molecular weight is 614 g/mol. The number of aryl methyl sites for hydroxylation is 1. The number of amides is 2. The number of nitrogens with one attached hydrogen (secondary N) is 1. The smallest absolute Gasteiger partial charge is 0.325 e. The summed E-state index contributed by atoms with van der Waals surface area (Å²) in [6.07, 6.45) is -0.00316. The number of fused-ring (bicyclic) bond motifs is 1. The summed E-state index contributed by atoms with van der Waals surface area (Å²) in [6.45, 7) is 1.82. The summed E-state index contributed by atoms with van der Waals surface area (Å²) in [5.41, 5.74) is 0.638. The molecule has 2 aliphatic heterocycles. The van der Waals surface area contributed by atoms with Crippen molar-refractivity contribution in [3.05, 3.63) is 86.8 Å². The van der Waals surface area contributed by atoms with Crippen LogP contribution in [0.3, 0.4) is 0 Å². The molecule has 4 atom stereocenters. The van der Waals surface area contributed by atoms with Crippen molar-refractivity contribution in [2.45, 2.75) is 24.9 Å². The van der Waals surface area contributed by atoms with Crippen LogP contribution in [0.2, 0.25) is 5.02 Å². The van der Waals surface area contributed by atoms with Crippen molar-refractivity contribution < 1.29 is 29.0 Å². The van der Waals surface area contributed by atoms with Gasteiger partial charge in [0.2, 0.25) is 11.8 Å². The molecule has 0 aliphatic carbocycles. The Morgan fingerprint density at radius 1 is 1.08 bits per heavy atom.